The van der Waals surface area contributed by atoms with Crippen molar-refractivity contribution in [3.63, 3.8) is 0 Å². The van der Waals surface area contributed by atoms with Crippen LogP contribution in [0.3, 0.4) is 0 Å². The van der Waals surface area contributed by atoms with Gasteiger partial charge in [-0.2, -0.15) is 0 Å². The quantitative estimate of drug-likeness (QED) is 0.567. The molecule has 0 aliphatic carbocycles. The van der Waals surface area contributed by atoms with Crippen molar-refractivity contribution in [1.82, 2.24) is 0 Å². The first kappa shape index (κ1) is 8.67. The summed E-state index contributed by atoms with van der Waals surface area (Å²) in [5.41, 5.74) is 11.1. The van der Waals surface area contributed by atoms with Crippen molar-refractivity contribution in [2.45, 2.75) is 0 Å². The second-order valence-electron chi connectivity index (χ2n) is 2.36. The van der Waals surface area contributed by atoms with E-state index in [1.807, 2.05) is 0 Å². The molecule has 4 nitrogen and oxygen atoms in total. The molecule has 0 bridgehead atoms. The number of phenols is 1. The fourth-order valence-corrected chi connectivity index (χ4v) is 0.825. The van der Waals surface area contributed by atoms with E-state index in [9.17, 15) is 5.11 Å². The summed E-state index contributed by atoms with van der Waals surface area (Å²) in [5, 5.41) is 9.27. The summed E-state index contributed by atoms with van der Waals surface area (Å²) < 4.78 is 5.11. The van der Waals surface area contributed by atoms with Crippen molar-refractivity contribution in [3.05, 3.63) is 18.2 Å². The molecule has 0 heterocycles. The first-order valence-electron chi connectivity index (χ1n) is 3.65. The lowest BCUT2D eigenvalue weighted by Gasteiger charge is -2.06. The van der Waals surface area contributed by atoms with Crippen LogP contribution < -0.4 is 16.2 Å². The highest BCUT2D eigenvalue weighted by Gasteiger charge is 2.00. The SMILES string of the molecule is NCCOc1ccc(N)cc1O. The molecule has 1 rings (SSSR count). The van der Waals surface area contributed by atoms with Gasteiger partial charge in [0.25, 0.3) is 0 Å². The van der Waals surface area contributed by atoms with Gasteiger partial charge in [-0.3, -0.25) is 0 Å². The Morgan fingerprint density at radius 3 is 2.75 bits per heavy atom. The summed E-state index contributed by atoms with van der Waals surface area (Å²) in [6, 6.07) is 4.71. The molecule has 4 heteroatoms. The number of anilines is 1. The van der Waals surface area contributed by atoms with Crippen molar-refractivity contribution in [2.75, 3.05) is 18.9 Å². The Bertz CT molecular complexity index is 263. The number of rotatable bonds is 3. The Hall–Kier alpha value is -1.42. The molecule has 0 radical (unpaired) electrons. The largest absolute Gasteiger partial charge is 0.504 e. The van der Waals surface area contributed by atoms with Crippen molar-refractivity contribution in [1.29, 1.82) is 0 Å². The first-order valence-corrected chi connectivity index (χ1v) is 3.65. The zero-order valence-corrected chi connectivity index (χ0v) is 6.66. The van der Waals surface area contributed by atoms with Gasteiger partial charge in [0, 0.05) is 18.3 Å². The number of benzene rings is 1. The normalized spacial score (nSPS) is 9.75. The third-order valence-electron chi connectivity index (χ3n) is 1.36. The number of ether oxygens (including phenoxy) is 1. The first-order chi connectivity index (χ1) is 5.74. The van der Waals surface area contributed by atoms with Crippen LogP contribution in [-0.2, 0) is 0 Å². The van der Waals surface area contributed by atoms with Gasteiger partial charge in [0.15, 0.2) is 11.5 Å². The predicted octanol–water partition coefficient (Wildman–Crippen LogP) is 0.312. The minimum Gasteiger partial charge on any atom is -0.504 e. The van der Waals surface area contributed by atoms with Gasteiger partial charge in [-0.15, -0.1) is 0 Å². The van der Waals surface area contributed by atoms with E-state index in [-0.39, 0.29) is 5.75 Å². The maximum absolute atomic E-state index is 9.27. The number of hydrogen-bond acceptors (Lipinski definition) is 4. The third kappa shape index (κ3) is 2.03. The van der Waals surface area contributed by atoms with Crippen LogP contribution in [-0.4, -0.2) is 18.3 Å². The summed E-state index contributed by atoms with van der Waals surface area (Å²) in [6.07, 6.45) is 0. The lowest BCUT2D eigenvalue weighted by atomic mass is 10.3. The van der Waals surface area contributed by atoms with Crippen LogP contribution in [0.15, 0.2) is 18.2 Å². The standard InChI is InChI=1S/C8H12N2O2/c9-3-4-12-8-2-1-6(10)5-7(8)11/h1-2,5,11H,3-4,9-10H2. The summed E-state index contributed by atoms with van der Waals surface area (Å²) in [7, 11) is 0. The Balaban J connectivity index is 2.72. The van der Waals surface area contributed by atoms with Gasteiger partial charge in [-0.05, 0) is 12.1 Å². The van der Waals surface area contributed by atoms with Gasteiger partial charge in [0.2, 0.25) is 0 Å². The zero-order valence-electron chi connectivity index (χ0n) is 6.66. The minimum atomic E-state index is 0.0449. The van der Waals surface area contributed by atoms with Crippen LogP contribution in [0, 0.1) is 0 Å². The van der Waals surface area contributed by atoms with E-state index in [1.165, 1.54) is 6.07 Å². The number of nitrogen functional groups attached to an aromatic ring is 1. The van der Waals surface area contributed by atoms with Crippen molar-refractivity contribution in [3.8, 4) is 11.5 Å². The highest BCUT2D eigenvalue weighted by atomic mass is 16.5. The number of nitrogens with two attached hydrogens (primary N) is 2. The van der Waals surface area contributed by atoms with Crippen LogP contribution in [0.2, 0.25) is 0 Å². The smallest absolute Gasteiger partial charge is 0.161 e. The molecule has 0 fully saturated rings. The third-order valence-corrected chi connectivity index (χ3v) is 1.36. The van der Waals surface area contributed by atoms with E-state index in [0.29, 0.717) is 24.6 Å². The molecule has 0 aromatic heterocycles. The Morgan fingerprint density at radius 1 is 1.42 bits per heavy atom. The molecule has 0 saturated carbocycles. The van der Waals surface area contributed by atoms with E-state index in [2.05, 4.69) is 0 Å². The van der Waals surface area contributed by atoms with E-state index >= 15 is 0 Å². The Kier molecular flexibility index (Phi) is 2.76. The zero-order chi connectivity index (χ0) is 8.97. The van der Waals surface area contributed by atoms with Crippen LogP contribution in [0.5, 0.6) is 11.5 Å². The molecule has 5 N–H and O–H groups in total. The summed E-state index contributed by atoms with van der Waals surface area (Å²) in [6.45, 7) is 0.807. The van der Waals surface area contributed by atoms with Gasteiger partial charge in [-0.25, -0.2) is 0 Å². The molecule has 0 aliphatic rings. The van der Waals surface area contributed by atoms with E-state index in [0.717, 1.165) is 0 Å². The lowest BCUT2D eigenvalue weighted by Crippen LogP contribution is -2.10. The molecular weight excluding hydrogens is 156 g/mol. The number of hydrogen-bond donors (Lipinski definition) is 3. The van der Waals surface area contributed by atoms with Crippen LogP contribution in [0.4, 0.5) is 5.69 Å². The monoisotopic (exact) mass is 168 g/mol. The molecule has 1 aromatic carbocycles. The fraction of sp³-hybridized carbons (Fsp3) is 0.250. The topological polar surface area (TPSA) is 81.5 Å². The summed E-state index contributed by atoms with van der Waals surface area (Å²) in [5.74, 6) is 0.457. The predicted molar refractivity (Wildman–Crippen MR) is 47.1 cm³/mol. The van der Waals surface area contributed by atoms with Gasteiger partial charge >= 0.3 is 0 Å². The maximum Gasteiger partial charge on any atom is 0.161 e. The molecule has 0 aliphatic heterocycles. The minimum absolute atomic E-state index is 0.0449. The van der Waals surface area contributed by atoms with Crippen LogP contribution in [0.25, 0.3) is 0 Å². The number of phenolic OH excluding ortho intramolecular Hbond substituents is 1. The van der Waals surface area contributed by atoms with Gasteiger partial charge in [-0.1, -0.05) is 0 Å². The van der Waals surface area contributed by atoms with Crippen molar-refractivity contribution >= 4 is 5.69 Å². The molecule has 0 unspecified atom stereocenters. The molecule has 0 atom stereocenters. The molecule has 0 spiro atoms. The summed E-state index contributed by atoms with van der Waals surface area (Å²) in [4.78, 5) is 0. The Labute approximate surface area is 70.7 Å². The molecule has 0 amide bonds. The second kappa shape index (κ2) is 3.82. The molecule has 66 valence electrons. The van der Waals surface area contributed by atoms with Crippen LogP contribution in [0.1, 0.15) is 0 Å². The van der Waals surface area contributed by atoms with Gasteiger partial charge < -0.3 is 21.3 Å². The summed E-state index contributed by atoms with van der Waals surface area (Å²) >= 11 is 0. The number of aromatic hydroxyl groups is 1. The Morgan fingerprint density at radius 2 is 2.17 bits per heavy atom. The average Bonchev–Trinajstić information content (AvgIpc) is 2.03. The van der Waals surface area contributed by atoms with Crippen LogP contribution >= 0.6 is 0 Å². The fourth-order valence-electron chi connectivity index (χ4n) is 0.825. The molecule has 12 heavy (non-hydrogen) atoms. The van der Waals surface area contributed by atoms with Gasteiger partial charge in [0.1, 0.15) is 6.61 Å². The molecular formula is C8H12N2O2. The highest BCUT2D eigenvalue weighted by Crippen LogP contribution is 2.27. The van der Waals surface area contributed by atoms with E-state index < -0.39 is 0 Å². The highest BCUT2D eigenvalue weighted by molar-refractivity contribution is 5.51. The lowest BCUT2D eigenvalue weighted by molar-refractivity contribution is 0.309. The van der Waals surface area contributed by atoms with E-state index in [4.69, 9.17) is 16.2 Å². The second-order valence-corrected chi connectivity index (χ2v) is 2.36. The molecule has 0 saturated heterocycles. The van der Waals surface area contributed by atoms with E-state index in [1.54, 1.807) is 12.1 Å². The van der Waals surface area contributed by atoms with Crippen molar-refractivity contribution < 1.29 is 9.84 Å². The van der Waals surface area contributed by atoms with Crippen molar-refractivity contribution in [2.24, 2.45) is 5.73 Å². The van der Waals surface area contributed by atoms with Gasteiger partial charge in [0.05, 0.1) is 0 Å². The maximum atomic E-state index is 9.27. The molecule has 1 aromatic rings. The average molecular weight is 168 g/mol.